The summed E-state index contributed by atoms with van der Waals surface area (Å²) in [5.74, 6) is -0.0220. The largest absolute Gasteiger partial charge is 0.397 e. The van der Waals surface area contributed by atoms with E-state index in [1.807, 2.05) is 12.1 Å². The van der Waals surface area contributed by atoms with Gasteiger partial charge in [0, 0.05) is 18.8 Å². The summed E-state index contributed by atoms with van der Waals surface area (Å²) in [5.41, 5.74) is 7.42. The highest BCUT2D eigenvalue weighted by molar-refractivity contribution is 5.95. The van der Waals surface area contributed by atoms with Crippen molar-refractivity contribution >= 4 is 11.5 Å². The minimum atomic E-state index is -0.0220. The quantitative estimate of drug-likeness (QED) is 0.784. The molecule has 4 heteroatoms. The van der Waals surface area contributed by atoms with Crippen LogP contribution in [0.1, 0.15) is 16.1 Å². The number of aromatic nitrogens is 2. The predicted octanol–water partition coefficient (Wildman–Crippen LogP) is 1.48. The van der Waals surface area contributed by atoms with Gasteiger partial charge < -0.3 is 5.73 Å². The highest BCUT2D eigenvalue weighted by atomic mass is 16.1. The lowest BCUT2D eigenvalue weighted by Crippen LogP contribution is -2.06. The van der Waals surface area contributed by atoms with Gasteiger partial charge in [0.15, 0.2) is 5.78 Å². The summed E-state index contributed by atoms with van der Waals surface area (Å²) in [6.45, 7) is 0. The van der Waals surface area contributed by atoms with Crippen LogP contribution in [0.3, 0.4) is 0 Å². The highest BCUT2D eigenvalue weighted by Crippen LogP contribution is 2.06. The van der Waals surface area contributed by atoms with E-state index in [0.717, 1.165) is 5.56 Å². The molecule has 16 heavy (non-hydrogen) atoms. The summed E-state index contributed by atoms with van der Waals surface area (Å²) in [4.78, 5) is 19.7. The van der Waals surface area contributed by atoms with Crippen LogP contribution in [0.5, 0.6) is 0 Å². The zero-order valence-corrected chi connectivity index (χ0v) is 8.63. The van der Waals surface area contributed by atoms with Crippen molar-refractivity contribution in [1.82, 2.24) is 9.97 Å². The second-order valence-corrected chi connectivity index (χ2v) is 3.43. The van der Waals surface area contributed by atoms with Crippen LogP contribution in [0.15, 0.2) is 42.9 Å². The monoisotopic (exact) mass is 213 g/mol. The zero-order chi connectivity index (χ0) is 11.4. The van der Waals surface area contributed by atoms with E-state index in [0.29, 0.717) is 17.8 Å². The lowest BCUT2D eigenvalue weighted by atomic mass is 10.1. The summed E-state index contributed by atoms with van der Waals surface area (Å²) in [6, 6.07) is 6.94. The van der Waals surface area contributed by atoms with Gasteiger partial charge in [0.25, 0.3) is 0 Å². The molecule has 2 aromatic rings. The van der Waals surface area contributed by atoms with Crippen LogP contribution in [0.25, 0.3) is 0 Å². The second-order valence-electron chi connectivity index (χ2n) is 3.43. The Labute approximate surface area is 93.2 Å². The second kappa shape index (κ2) is 4.53. The van der Waals surface area contributed by atoms with Gasteiger partial charge in [0.1, 0.15) is 5.69 Å². The lowest BCUT2D eigenvalue weighted by molar-refractivity contribution is 0.0988. The number of nitrogens with two attached hydrogens (primary N) is 1. The van der Waals surface area contributed by atoms with Crippen molar-refractivity contribution in [3.05, 3.63) is 54.1 Å². The smallest absolute Gasteiger partial charge is 0.185 e. The van der Waals surface area contributed by atoms with Crippen LogP contribution in [-0.4, -0.2) is 15.8 Å². The first kappa shape index (κ1) is 10.3. The summed E-state index contributed by atoms with van der Waals surface area (Å²) in [7, 11) is 0. The molecule has 2 N–H and O–H groups in total. The summed E-state index contributed by atoms with van der Waals surface area (Å²) in [6.07, 6.45) is 5.15. The maximum atomic E-state index is 11.8. The van der Waals surface area contributed by atoms with E-state index >= 15 is 0 Å². The van der Waals surface area contributed by atoms with E-state index < -0.39 is 0 Å². The molecule has 0 bridgehead atoms. The number of hydrogen-bond donors (Lipinski definition) is 1. The third kappa shape index (κ3) is 2.42. The normalized spacial score (nSPS) is 10.0. The van der Waals surface area contributed by atoms with Gasteiger partial charge >= 0.3 is 0 Å². The number of carbonyl (C=O) groups is 1. The van der Waals surface area contributed by atoms with Gasteiger partial charge in [-0.25, -0.2) is 0 Å². The Bertz CT molecular complexity index is 479. The molecule has 0 aliphatic carbocycles. The molecule has 0 aromatic carbocycles. The molecule has 0 aliphatic heterocycles. The van der Waals surface area contributed by atoms with E-state index in [2.05, 4.69) is 9.97 Å². The van der Waals surface area contributed by atoms with Gasteiger partial charge in [-0.3, -0.25) is 14.8 Å². The molecule has 0 saturated heterocycles. The molecule has 0 spiro atoms. The van der Waals surface area contributed by atoms with Gasteiger partial charge in [0.2, 0.25) is 0 Å². The summed E-state index contributed by atoms with van der Waals surface area (Å²) >= 11 is 0. The minimum Gasteiger partial charge on any atom is -0.397 e. The van der Waals surface area contributed by atoms with E-state index in [1.165, 1.54) is 6.20 Å². The molecule has 0 aliphatic rings. The van der Waals surface area contributed by atoms with E-state index in [9.17, 15) is 4.79 Å². The van der Waals surface area contributed by atoms with Crippen molar-refractivity contribution in [2.75, 3.05) is 5.73 Å². The fourth-order valence-corrected chi connectivity index (χ4v) is 1.35. The fourth-order valence-electron chi connectivity index (χ4n) is 1.35. The fraction of sp³-hybridized carbons (Fsp3) is 0.0833. The molecular formula is C12H11N3O. The maximum Gasteiger partial charge on any atom is 0.185 e. The van der Waals surface area contributed by atoms with E-state index in [-0.39, 0.29) is 5.78 Å². The molecule has 0 radical (unpaired) electrons. The minimum absolute atomic E-state index is 0.0220. The molecule has 0 amide bonds. The predicted molar refractivity (Wildman–Crippen MR) is 60.9 cm³/mol. The first-order valence-electron chi connectivity index (χ1n) is 4.89. The Morgan fingerprint density at radius 3 is 2.56 bits per heavy atom. The third-order valence-corrected chi connectivity index (χ3v) is 2.19. The van der Waals surface area contributed by atoms with Crippen LogP contribution in [0.2, 0.25) is 0 Å². The number of nitrogen functional groups attached to an aromatic ring is 1. The lowest BCUT2D eigenvalue weighted by Gasteiger charge is -2.00. The number of Topliss-reactive ketones (excluding diaryl/α,β-unsaturated/α-hetero) is 1. The average molecular weight is 213 g/mol. The first-order chi connectivity index (χ1) is 7.75. The van der Waals surface area contributed by atoms with Crippen molar-refractivity contribution in [3.8, 4) is 0 Å². The molecule has 0 saturated carbocycles. The molecule has 4 nitrogen and oxygen atoms in total. The molecule has 2 heterocycles. The van der Waals surface area contributed by atoms with Crippen LogP contribution in [0, 0.1) is 0 Å². The van der Waals surface area contributed by atoms with E-state index in [1.54, 1.807) is 24.5 Å². The Balaban J connectivity index is 2.12. The molecule has 0 fully saturated rings. The number of hydrogen-bond acceptors (Lipinski definition) is 4. The number of nitrogens with zero attached hydrogens (tertiary/aromatic N) is 2. The molecule has 2 aromatic heterocycles. The van der Waals surface area contributed by atoms with Crippen LogP contribution >= 0.6 is 0 Å². The Morgan fingerprint density at radius 2 is 1.94 bits per heavy atom. The molecule has 0 atom stereocenters. The summed E-state index contributed by atoms with van der Waals surface area (Å²) < 4.78 is 0. The van der Waals surface area contributed by atoms with Gasteiger partial charge in [-0.2, -0.15) is 0 Å². The highest BCUT2D eigenvalue weighted by Gasteiger charge is 2.07. The molecular weight excluding hydrogens is 202 g/mol. The average Bonchev–Trinajstić information content (AvgIpc) is 2.31. The number of ketones is 1. The van der Waals surface area contributed by atoms with Crippen molar-refractivity contribution in [1.29, 1.82) is 0 Å². The number of carbonyl (C=O) groups excluding carboxylic acids is 1. The van der Waals surface area contributed by atoms with Crippen LogP contribution < -0.4 is 5.73 Å². The topological polar surface area (TPSA) is 68.9 Å². The first-order valence-corrected chi connectivity index (χ1v) is 4.89. The van der Waals surface area contributed by atoms with Crippen molar-refractivity contribution < 1.29 is 4.79 Å². The van der Waals surface area contributed by atoms with Gasteiger partial charge in [-0.1, -0.05) is 0 Å². The van der Waals surface area contributed by atoms with Crippen LogP contribution in [0.4, 0.5) is 5.69 Å². The van der Waals surface area contributed by atoms with Crippen LogP contribution in [-0.2, 0) is 6.42 Å². The molecule has 80 valence electrons. The molecule has 0 unspecified atom stereocenters. The Kier molecular flexibility index (Phi) is 2.91. The standard InChI is InChI=1S/C12H11N3O/c13-10-1-2-11(15-8-10)12(16)7-9-3-5-14-6-4-9/h1-6,8H,7,13H2. The number of rotatable bonds is 3. The molecule has 2 rings (SSSR count). The van der Waals surface area contributed by atoms with Crippen molar-refractivity contribution in [3.63, 3.8) is 0 Å². The van der Waals surface area contributed by atoms with Crippen molar-refractivity contribution in [2.24, 2.45) is 0 Å². The summed E-state index contributed by atoms with van der Waals surface area (Å²) in [5, 5.41) is 0. The Morgan fingerprint density at radius 1 is 1.19 bits per heavy atom. The van der Waals surface area contributed by atoms with Gasteiger partial charge in [-0.05, 0) is 29.8 Å². The van der Waals surface area contributed by atoms with Gasteiger partial charge in [-0.15, -0.1) is 0 Å². The number of pyridine rings is 2. The Hall–Kier alpha value is -2.23. The van der Waals surface area contributed by atoms with E-state index in [4.69, 9.17) is 5.73 Å². The zero-order valence-electron chi connectivity index (χ0n) is 8.63. The van der Waals surface area contributed by atoms with Gasteiger partial charge in [0.05, 0.1) is 11.9 Å². The maximum absolute atomic E-state index is 11.8. The third-order valence-electron chi connectivity index (χ3n) is 2.19. The van der Waals surface area contributed by atoms with Crippen molar-refractivity contribution in [2.45, 2.75) is 6.42 Å². The SMILES string of the molecule is Nc1ccc(C(=O)Cc2ccncc2)nc1. The number of anilines is 1.